The minimum absolute atomic E-state index is 0.147. The highest BCUT2D eigenvalue weighted by atomic mass is 32.2. The predicted octanol–water partition coefficient (Wildman–Crippen LogP) is 2.59. The van der Waals surface area contributed by atoms with Gasteiger partial charge in [-0.15, -0.1) is 0 Å². The molecule has 102 valence electrons. The third kappa shape index (κ3) is 4.42. The van der Waals surface area contributed by atoms with Crippen molar-refractivity contribution in [2.75, 3.05) is 5.75 Å². The van der Waals surface area contributed by atoms with Gasteiger partial charge in [0.1, 0.15) is 0 Å². The largest absolute Gasteiger partial charge is 0.328 e. The summed E-state index contributed by atoms with van der Waals surface area (Å²) in [5, 5.41) is 0. The molecule has 2 N–H and O–H groups in total. The van der Waals surface area contributed by atoms with E-state index in [1.807, 2.05) is 32.9 Å². The topological polar surface area (TPSA) is 60.2 Å². The quantitative estimate of drug-likeness (QED) is 0.807. The average molecular weight is 269 g/mol. The van der Waals surface area contributed by atoms with Crippen LogP contribution in [0.25, 0.3) is 0 Å². The molecular weight excluding hydrogens is 246 g/mol. The fourth-order valence-corrected chi connectivity index (χ4v) is 3.65. The summed E-state index contributed by atoms with van der Waals surface area (Å²) in [5.74, 6) is 0.212. The summed E-state index contributed by atoms with van der Waals surface area (Å²) >= 11 is 0. The fourth-order valence-electron chi connectivity index (χ4n) is 2.02. The smallest absolute Gasteiger partial charge is 0.178 e. The lowest BCUT2D eigenvalue weighted by atomic mass is 10.2. The van der Waals surface area contributed by atoms with Crippen molar-refractivity contribution in [3.05, 3.63) is 29.3 Å². The maximum absolute atomic E-state index is 12.2. The van der Waals surface area contributed by atoms with Crippen LogP contribution in [0.1, 0.15) is 37.3 Å². The molecule has 0 aliphatic carbocycles. The Morgan fingerprint density at radius 3 is 2.44 bits per heavy atom. The van der Waals surface area contributed by atoms with E-state index in [1.165, 1.54) is 0 Å². The molecule has 0 aromatic heterocycles. The Morgan fingerprint density at radius 2 is 1.89 bits per heavy atom. The second-order valence-electron chi connectivity index (χ2n) is 5.06. The zero-order valence-electron chi connectivity index (χ0n) is 11.4. The SMILES string of the molecule is Cc1ccc(S(=O)(=O)CCCCC(C)N)c(C)c1. The Kier molecular flexibility index (Phi) is 5.35. The zero-order valence-corrected chi connectivity index (χ0v) is 12.3. The molecule has 1 unspecified atom stereocenters. The van der Waals surface area contributed by atoms with E-state index in [9.17, 15) is 8.42 Å². The van der Waals surface area contributed by atoms with Crippen molar-refractivity contribution >= 4 is 9.84 Å². The lowest BCUT2D eigenvalue weighted by molar-refractivity contribution is 0.580. The van der Waals surface area contributed by atoms with Gasteiger partial charge in [-0.05, 0) is 45.2 Å². The number of hydrogen-bond donors (Lipinski definition) is 1. The standard InChI is InChI=1S/C14H23NO2S/c1-11-7-8-14(12(2)10-11)18(16,17)9-5-4-6-13(3)15/h7-8,10,13H,4-6,9,15H2,1-3H3. The van der Waals surface area contributed by atoms with Gasteiger partial charge in [-0.25, -0.2) is 8.42 Å². The van der Waals surface area contributed by atoms with Gasteiger partial charge >= 0.3 is 0 Å². The average Bonchev–Trinajstić information content (AvgIpc) is 2.23. The molecule has 0 spiro atoms. The lowest BCUT2D eigenvalue weighted by Crippen LogP contribution is -2.15. The highest BCUT2D eigenvalue weighted by Gasteiger charge is 2.16. The van der Waals surface area contributed by atoms with Crippen LogP contribution in [-0.4, -0.2) is 20.2 Å². The Morgan fingerprint density at radius 1 is 1.22 bits per heavy atom. The number of aryl methyl sites for hydroxylation is 2. The molecule has 0 saturated heterocycles. The molecule has 18 heavy (non-hydrogen) atoms. The molecule has 1 aromatic carbocycles. The zero-order chi connectivity index (χ0) is 13.8. The number of nitrogens with two attached hydrogens (primary N) is 1. The van der Waals surface area contributed by atoms with E-state index in [4.69, 9.17) is 5.73 Å². The highest BCUT2D eigenvalue weighted by Crippen LogP contribution is 2.19. The van der Waals surface area contributed by atoms with Gasteiger partial charge in [0.25, 0.3) is 0 Å². The fraction of sp³-hybridized carbons (Fsp3) is 0.571. The van der Waals surface area contributed by atoms with E-state index in [0.717, 1.165) is 24.0 Å². The van der Waals surface area contributed by atoms with Crippen molar-refractivity contribution in [1.29, 1.82) is 0 Å². The monoisotopic (exact) mass is 269 g/mol. The Bertz CT molecular complexity index is 493. The number of benzene rings is 1. The summed E-state index contributed by atoms with van der Waals surface area (Å²) < 4.78 is 24.4. The van der Waals surface area contributed by atoms with E-state index in [2.05, 4.69) is 0 Å². The summed E-state index contributed by atoms with van der Waals surface area (Å²) in [4.78, 5) is 0.467. The van der Waals surface area contributed by atoms with E-state index >= 15 is 0 Å². The van der Waals surface area contributed by atoms with Crippen molar-refractivity contribution in [2.24, 2.45) is 5.73 Å². The maximum atomic E-state index is 12.2. The molecule has 0 bridgehead atoms. The third-order valence-corrected chi connectivity index (χ3v) is 4.94. The Labute approximate surface area is 110 Å². The van der Waals surface area contributed by atoms with Gasteiger partial charge in [-0.3, -0.25) is 0 Å². The normalized spacial score (nSPS) is 13.6. The van der Waals surface area contributed by atoms with E-state index in [1.54, 1.807) is 6.07 Å². The number of rotatable bonds is 6. The molecule has 3 nitrogen and oxygen atoms in total. The Hall–Kier alpha value is -0.870. The van der Waals surface area contributed by atoms with Crippen LogP contribution in [0.4, 0.5) is 0 Å². The molecule has 0 heterocycles. The molecule has 0 aliphatic rings. The molecule has 1 atom stereocenters. The van der Waals surface area contributed by atoms with Crippen LogP contribution < -0.4 is 5.73 Å². The molecule has 4 heteroatoms. The lowest BCUT2D eigenvalue weighted by Gasteiger charge is -2.09. The van der Waals surface area contributed by atoms with Gasteiger partial charge in [0.2, 0.25) is 0 Å². The van der Waals surface area contributed by atoms with Gasteiger partial charge in [-0.2, -0.15) is 0 Å². The first-order valence-corrected chi connectivity index (χ1v) is 8.04. The van der Waals surface area contributed by atoms with Crippen LogP contribution in [0, 0.1) is 13.8 Å². The second kappa shape index (κ2) is 6.34. The maximum Gasteiger partial charge on any atom is 0.178 e. The van der Waals surface area contributed by atoms with E-state index < -0.39 is 9.84 Å². The third-order valence-electron chi connectivity index (χ3n) is 2.99. The minimum atomic E-state index is -3.15. The molecule has 0 aliphatic heterocycles. The van der Waals surface area contributed by atoms with Crippen LogP contribution in [0.3, 0.4) is 0 Å². The predicted molar refractivity (Wildman–Crippen MR) is 75.5 cm³/mol. The summed E-state index contributed by atoms with van der Waals surface area (Å²) in [6, 6.07) is 5.62. The van der Waals surface area contributed by atoms with Gasteiger partial charge in [0.15, 0.2) is 9.84 Å². The van der Waals surface area contributed by atoms with Crippen LogP contribution in [0.5, 0.6) is 0 Å². The van der Waals surface area contributed by atoms with Gasteiger partial charge in [-0.1, -0.05) is 24.1 Å². The van der Waals surface area contributed by atoms with Crippen LogP contribution in [-0.2, 0) is 9.84 Å². The first-order chi connectivity index (χ1) is 8.33. The van der Waals surface area contributed by atoms with Crippen molar-refractivity contribution in [1.82, 2.24) is 0 Å². The van der Waals surface area contributed by atoms with Crippen molar-refractivity contribution in [3.8, 4) is 0 Å². The number of unbranched alkanes of at least 4 members (excludes halogenated alkanes) is 1. The first-order valence-electron chi connectivity index (χ1n) is 6.38. The van der Waals surface area contributed by atoms with E-state index in [-0.39, 0.29) is 11.8 Å². The van der Waals surface area contributed by atoms with Crippen LogP contribution in [0.15, 0.2) is 23.1 Å². The second-order valence-corrected chi connectivity index (χ2v) is 7.14. The Balaban J connectivity index is 2.69. The number of hydrogen-bond acceptors (Lipinski definition) is 3. The molecule has 0 radical (unpaired) electrons. The van der Waals surface area contributed by atoms with Gasteiger partial charge in [0, 0.05) is 6.04 Å². The van der Waals surface area contributed by atoms with Crippen molar-refractivity contribution < 1.29 is 8.42 Å². The van der Waals surface area contributed by atoms with Crippen molar-refractivity contribution in [3.63, 3.8) is 0 Å². The molecule has 1 aromatic rings. The highest BCUT2D eigenvalue weighted by molar-refractivity contribution is 7.91. The molecule has 1 rings (SSSR count). The molecule has 0 amide bonds. The summed E-state index contributed by atoms with van der Waals surface area (Å²) in [7, 11) is -3.15. The molecular formula is C14H23NO2S. The van der Waals surface area contributed by atoms with Crippen molar-refractivity contribution in [2.45, 2.75) is 51.0 Å². The van der Waals surface area contributed by atoms with Gasteiger partial charge < -0.3 is 5.73 Å². The van der Waals surface area contributed by atoms with Crippen LogP contribution >= 0.6 is 0 Å². The summed E-state index contributed by atoms with van der Waals surface area (Å²) in [5.41, 5.74) is 7.57. The minimum Gasteiger partial charge on any atom is -0.328 e. The molecule has 0 saturated carbocycles. The summed E-state index contributed by atoms with van der Waals surface area (Å²) in [6.07, 6.45) is 2.42. The van der Waals surface area contributed by atoms with Crippen LogP contribution in [0.2, 0.25) is 0 Å². The van der Waals surface area contributed by atoms with Gasteiger partial charge in [0.05, 0.1) is 10.6 Å². The van der Waals surface area contributed by atoms with E-state index in [0.29, 0.717) is 11.3 Å². The summed E-state index contributed by atoms with van der Waals surface area (Å²) in [6.45, 7) is 5.76. The number of sulfone groups is 1. The first kappa shape index (κ1) is 15.2. The molecule has 0 fully saturated rings.